The minimum Gasteiger partial charge on any atom is -0.492 e. The molecule has 0 fully saturated rings. The molecular weight excluding hydrogens is 308 g/mol. The van der Waals surface area contributed by atoms with Crippen molar-refractivity contribution < 1.29 is 9.47 Å². The molecule has 2 heteroatoms. The van der Waals surface area contributed by atoms with Crippen LogP contribution in [-0.2, 0) is 12.8 Å². The van der Waals surface area contributed by atoms with Crippen LogP contribution in [0.5, 0.6) is 11.5 Å². The van der Waals surface area contributed by atoms with Crippen molar-refractivity contribution in [2.45, 2.75) is 90.6 Å². The van der Waals surface area contributed by atoms with Crippen LogP contribution in [-0.4, -0.2) is 12.2 Å². The Hall–Kier alpha value is -1.44. The van der Waals surface area contributed by atoms with Gasteiger partial charge < -0.3 is 9.47 Å². The largest absolute Gasteiger partial charge is 0.492 e. The average molecular weight is 341 g/mol. The van der Waals surface area contributed by atoms with Gasteiger partial charge in [-0.25, -0.2) is 0 Å². The first-order valence-electron chi connectivity index (χ1n) is 10.3. The number of aryl methyl sites for hydroxylation is 1. The van der Waals surface area contributed by atoms with Gasteiger partial charge in [-0.3, -0.25) is 0 Å². The number of fused-ring (bicyclic) bond motifs is 4. The predicted molar refractivity (Wildman–Crippen MR) is 104 cm³/mol. The molecule has 1 aromatic carbocycles. The molecule has 0 unspecified atom stereocenters. The molecule has 0 saturated carbocycles. The van der Waals surface area contributed by atoms with Gasteiger partial charge in [-0.05, 0) is 93.6 Å². The van der Waals surface area contributed by atoms with Crippen molar-refractivity contribution >= 4 is 5.57 Å². The fourth-order valence-corrected chi connectivity index (χ4v) is 4.92. The SMILES string of the molecule is CCCCCc1cc2c(c3c1CCCO3)C1=C(CCCC1)C(C)(C)O2. The van der Waals surface area contributed by atoms with Crippen LogP contribution in [0, 0.1) is 0 Å². The number of allylic oxidation sites excluding steroid dienone is 1. The van der Waals surface area contributed by atoms with Crippen LogP contribution >= 0.6 is 0 Å². The van der Waals surface area contributed by atoms with Crippen LogP contribution in [0.2, 0.25) is 0 Å². The highest BCUT2D eigenvalue weighted by molar-refractivity contribution is 5.82. The highest BCUT2D eigenvalue weighted by atomic mass is 16.5. The van der Waals surface area contributed by atoms with Gasteiger partial charge in [0.05, 0.1) is 12.2 Å². The van der Waals surface area contributed by atoms with Gasteiger partial charge in [0, 0.05) is 0 Å². The zero-order valence-corrected chi connectivity index (χ0v) is 16.2. The fourth-order valence-electron chi connectivity index (χ4n) is 4.92. The van der Waals surface area contributed by atoms with Gasteiger partial charge in [0.25, 0.3) is 0 Å². The zero-order chi connectivity index (χ0) is 17.4. The number of rotatable bonds is 4. The van der Waals surface area contributed by atoms with Crippen molar-refractivity contribution in [2.75, 3.05) is 6.61 Å². The lowest BCUT2D eigenvalue weighted by Gasteiger charge is -2.41. The van der Waals surface area contributed by atoms with E-state index in [1.54, 1.807) is 0 Å². The van der Waals surface area contributed by atoms with E-state index in [0.717, 1.165) is 31.6 Å². The predicted octanol–water partition coefficient (Wildman–Crippen LogP) is 6.24. The Labute approximate surface area is 152 Å². The first-order chi connectivity index (χ1) is 12.1. The molecular formula is C23H32O2. The quantitative estimate of drug-likeness (QED) is 0.604. The average Bonchev–Trinajstić information content (AvgIpc) is 2.61. The van der Waals surface area contributed by atoms with Crippen LogP contribution < -0.4 is 9.47 Å². The van der Waals surface area contributed by atoms with E-state index in [-0.39, 0.29) is 5.60 Å². The van der Waals surface area contributed by atoms with Gasteiger partial charge in [-0.15, -0.1) is 0 Å². The van der Waals surface area contributed by atoms with Crippen molar-refractivity contribution in [3.63, 3.8) is 0 Å². The van der Waals surface area contributed by atoms with E-state index in [1.165, 1.54) is 78.5 Å². The summed E-state index contributed by atoms with van der Waals surface area (Å²) in [6.45, 7) is 7.61. The summed E-state index contributed by atoms with van der Waals surface area (Å²) in [7, 11) is 0. The number of hydrogen-bond donors (Lipinski definition) is 0. The van der Waals surface area contributed by atoms with Crippen molar-refractivity contribution in [2.24, 2.45) is 0 Å². The molecule has 0 bridgehead atoms. The molecule has 0 N–H and O–H groups in total. The van der Waals surface area contributed by atoms with Crippen molar-refractivity contribution in [3.8, 4) is 11.5 Å². The van der Waals surface area contributed by atoms with Gasteiger partial charge in [0.1, 0.15) is 17.1 Å². The summed E-state index contributed by atoms with van der Waals surface area (Å²) in [4.78, 5) is 0. The Kier molecular flexibility index (Phi) is 4.56. The minimum atomic E-state index is -0.174. The lowest BCUT2D eigenvalue weighted by atomic mass is 9.76. The van der Waals surface area contributed by atoms with Gasteiger partial charge >= 0.3 is 0 Å². The third-order valence-electron chi connectivity index (χ3n) is 6.17. The van der Waals surface area contributed by atoms with E-state index < -0.39 is 0 Å². The molecule has 0 spiro atoms. The Morgan fingerprint density at radius 1 is 1.04 bits per heavy atom. The second kappa shape index (κ2) is 6.70. The lowest BCUT2D eigenvalue weighted by Crippen LogP contribution is -2.36. The normalized spacial score (nSPS) is 20.9. The van der Waals surface area contributed by atoms with Gasteiger partial charge in [0.15, 0.2) is 0 Å². The van der Waals surface area contributed by atoms with Gasteiger partial charge in [-0.1, -0.05) is 19.8 Å². The summed E-state index contributed by atoms with van der Waals surface area (Å²) in [6.07, 6.45) is 12.2. The third kappa shape index (κ3) is 2.98. The maximum absolute atomic E-state index is 6.56. The number of hydrogen-bond acceptors (Lipinski definition) is 2. The maximum Gasteiger partial charge on any atom is 0.133 e. The zero-order valence-electron chi connectivity index (χ0n) is 16.2. The molecule has 0 radical (unpaired) electrons. The highest BCUT2D eigenvalue weighted by Gasteiger charge is 2.38. The second-order valence-corrected chi connectivity index (χ2v) is 8.40. The van der Waals surface area contributed by atoms with Crippen molar-refractivity contribution in [1.82, 2.24) is 0 Å². The molecule has 0 saturated heterocycles. The molecule has 2 heterocycles. The molecule has 0 amide bonds. The van der Waals surface area contributed by atoms with Crippen LogP contribution in [0.4, 0.5) is 0 Å². The minimum absolute atomic E-state index is 0.174. The Morgan fingerprint density at radius 3 is 2.72 bits per heavy atom. The van der Waals surface area contributed by atoms with E-state index in [2.05, 4.69) is 26.8 Å². The topological polar surface area (TPSA) is 18.5 Å². The molecule has 1 aromatic rings. The van der Waals surface area contributed by atoms with E-state index >= 15 is 0 Å². The summed E-state index contributed by atoms with van der Waals surface area (Å²) in [5.41, 5.74) is 7.13. The highest BCUT2D eigenvalue weighted by Crippen LogP contribution is 2.52. The number of ether oxygens (including phenoxy) is 2. The van der Waals surface area contributed by atoms with Crippen molar-refractivity contribution in [1.29, 1.82) is 0 Å². The Balaban J connectivity index is 1.84. The molecule has 0 atom stereocenters. The van der Waals surface area contributed by atoms with E-state index in [0.29, 0.717) is 0 Å². The molecule has 1 aliphatic carbocycles. The number of unbranched alkanes of at least 4 members (excludes halogenated alkanes) is 2. The number of benzene rings is 1. The first-order valence-corrected chi connectivity index (χ1v) is 10.3. The van der Waals surface area contributed by atoms with Gasteiger partial charge in [-0.2, -0.15) is 0 Å². The van der Waals surface area contributed by atoms with Crippen LogP contribution in [0.1, 0.15) is 88.8 Å². The standard InChI is InChI=1S/C23H32O2/c1-4-5-6-10-16-15-20-21(22-17(16)12-9-14-24-22)18-11-7-8-13-19(18)23(2,3)25-20/h15H,4-14H2,1-3H3. The molecule has 3 aliphatic rings. The molecule has 0 aromatic heterocycles. The first kappa shape index (κ1) is 17.0. The third-order valence-corrected chi connectivity index (χ3v) is 6.17. The molecule has 2 nitrogen and oxygen atoms in total. The van der Waals surface area contributed by atoms with Gasteiger partial charge in [0.2, 0.25) is 0 Å². The summed E-state index contributed by atoms with van der Waals surface area (Å²) in [6, 6.07) is 2.36. The summed E-state index contributed by atoms with van der Waals surface area (Å²) >= 11 is 0. The van der Waals surface area contributed by atoms with Crippen LogP contribution in [0.25, 0.3) is 5.57 Å². The summed E-state index contributed by atoms with van der Waals surface area (Å²) in [5.74, 6) is 2.25. The molecule has 136 valence electrons. The maximum atomic E-state index is 6.56. The molecule has 4 rings (SSSR count). The van der Waals surface area contributed by atoms with E-state index in [1.807, 2.05) is 0 Å². The second-order valence-electron chi connectivity index (χ2n) is 8.40. The summed E-state index contributed by atoms with van der Waals surface area (Å²) in [5, 5.41) is 0. The smallest absolute Gasteiger partial charge is 0.133 e. The molecule has 25 heavy (non-hydrogen) atoms. The fraction of sp³-hybridized carbons (Fsp3) is 0.652. The van der Waals surface area contributed by atoms with E-state index in [4.69, 9.17) is 9.47 Å². The Bertz CT molecular complexity index is 697. The van der Waals surface area contributed by atoms with E-state index in [9.17, 15) is 0 Å². The van der Waals surface area contributed by atoms with Crippen LogP contribution in [0.15, 0.2) is 11.6 Å². The monoisotopic (exact) mass is 340 g/mol. The Morgan fingerprint density at radius 2 is 1.88 bits per heavy atom. The lowest BCUT2D eigenvalue weighted by molar-refractivity contribution is 0.136. The molecule has 2 aliphatic heterocycles. The van der Waals surface area contributed by atoms with Crippen LogP contribution in [0.3, 0.4) is 0 Å². The summed E-state index contributed by atoms with van der Waals surface area (Å²) < 4.78 is 12.8. The van der Waals surface area contributed by atoms with Crippen molar-refractivity contribution in [3.05, 3.63) is 28.3 Å².